The molecule has 0 radical (unpaired) electrons. The lowest BCUT2D eigenvalue weighted by Crippen LogP contribution is -2.74. The zero-order chi connectivity index (χ0) is 23.5. The van der Waals surface area contributed by atoms with E-state index in [1.54, 1.807) is 12.1 Å². The molecule has 0 spiro atoms. The van der Waals surface area contributed by atoms with Crippen LogP contribution in [0.3, 0.4) is 0 Å². The number of aliphatic hydroxyl groups is 1. The summed E-state index contributed by atoms with van der Waals surface area (Å²) < 4.78 is 0. The summed E-state index contributed by atoms with van der Waals surface area (Å²) in [7, 11) is 0. The summed E-state index contributed by atoms with van der Waals surface area (Å²) in [6.45, 7) is 3.12. The number of carbonyl (C=O) groups is 3. The second kappa shape index (κ2) is 7.81. The molecule has 33 heavy (non-hydrogen) atoms. The molecule has 5 atom stereocenters. The van der Waals surface area contributed by atoms with Crippen LogP contribution in [-0.4, -0.2) is 68.7 Å². The van der Waals surface area contributed by atoms with Crippen LogP contribution in [0, 0.1) is 11.8 Å². The highest BCUT2D eigenvalue weighted by Gasteiger charge is 2.66. The molecule has 1 aromatic carbocycles. The van der Waals surface area contributed by atoms with E-state index in [0.29, 0.717) is 18.8 Å². The Bertz CT molecular complexity index is 1010. The molecular weight excluding hydrogens is 424 g/mol. The van der Waals surface area contributed by atoms with Gasteiger partial charge in [-0.05, 0) is 74.8 Å². The van der Waals surface area contributed by atoms with Gasteiger partial charge in [-0.2, -0.15) is 0 Å². The Labute approximate surface area is 193 Å². The van der Waals surface area contributed by atoms with Crippen LogP contribution in [-0.2, 0) is 26.2 Å². The summed E-state index contributed by atoms with van der Waals surface area (Å²) in [6.07, 6.45) is 3.85. The largest absolute Gasteiger partial charge is 0.508 e. The van der Waals surface area contributed by atoms with Crippen molar-refractivity contribution in [2.75, 3.05) is 13.1 Å². The molecule has 1 aromatic rings. The summed E-state index contributed by atoms with van der Waals surface area (Å²) in [4.78, 5) is 39.3. The Balaban J connectivity index is 1.48. The maximum atomic E-state index is 13.3. The molecule has 178 valence electrons. The van der Waals surface area contributed by atoms with E-state index < -0.39 is 34.9 Å². The number of phenols is 1. The number of carboxylic acids is 1. The van der Waals surface area contributed by atoms with Crippen LogP contribution in [0.15, 0.2) is 18.2 Å². The molecule has 4 N–H and O–H groups in total. The molecule has 1 saturated heterocycles. The molecule has 0 aromatic heterocycles. The molecule has 1 aliphatic heterocycles. The molecule has 2 bridgehead atoms. The number of ketones is 1. The number of hydrogen-bond donors (Lipinski definition) is 4. The fraction of sp³-hybridized carbons (Fsp3) is 0.640. The molecule has 5 rings (SSSR count). The number of phenolic OH excluding ortho intramolecular Hbond substituents is 1. The SMILES string of the molecule is C[C@H](NC(=O)C[C@H]1C[C@@]2(O)[C@H]3Cc4ccc(O)cc4[C@@]2(CCN3CC2CC2)CC1=O)C(=O)O. The van der Waals surface area contributed by atoms with Gasteiger partial charge in [-0.15, -0.1) is 0 Å². The Kier molecular flexibility index (Phi) is 5.29. The zero-order valence-corrected chi connectivity index (χ0v) is 18.9. The van der Waals surface area contributed by atoms with Crippen LogP contribution in [0.1, 0.15) is 56.6 Å². The van der Waals surface area contributed by atoms with Crippen molar-refractivity contribution < 1.29 is 29.7 Å². The van der Waals surface area contributed by atoms with Gasteiger partial charge in [0.1, 0.15) is 17.6 Å². The first-order chi connectivity index (χ1) is 15.6. The summed E-state index contributed by atoms with van der Waals surface area (Å²) in [5.41, 5.74) is -0.0361. The third-order valence-electron chi connectivity index (χ3n) is 8.53. The smallest absolute Gasteiger partial charge is 0.325 e. The number of likely N-dealkylation sites (tertiary alicyclic amines) is 1. The maximum absolute atomic E-state index is 13.3. The van der Waals surface area contributed by atoms with Gasteiger partial charge >= 0.3 is 5.97 Å². The number of Topliss-reactive ketones (excluding diaryl/α,β-unsaturated/α-hetero) is 1. The quantitative estimate of drug-likeness (QED) is 0.509. The van der Waals surface area contributed by atoms with E-state index in [1.807, 2.05) is 6.07 Å². The lowest BCUT2D eigenvalue weighted by atomic mass is 9.47. The van der Waals surface area contributed by atoms with E-state index in [9.17, 15) is 24.6 Å². The van der Waals surface area contributed by atoms with Crippen molar-refractivity contribution >= 4 is 17.7 Å². The van der Waals surface area contributed by atoms with Gasteiger partial charge in [-0.1, -0.05) is 6.07 Å². The first-order valence-corrected chi connectivity index (χ1v) is 12.0. The lowest BCUT2D eigenvalue weighted by Gasteiger charge is -2.64. The number of fused-ring (bicyclic) bond motifs is 1. The molecule has 8 nitrogen and oxygen atoms in total. The monoisotopic (exact) mass is 456 g/mol. The van der Waals surface area contributed by atoms with E-state index >= 15 is 0 Å². The van der Waals surface area contributed by atoms with Gasteiger partial charge < -0.3 is 20.6 Å². The number of nitrogens with one attached hydrogen (secondary N) is 1. The number of piperidine rings is 1. The van der Waals surface area contributed by atoms with Gasteiger partial charge in [-0.25, -0.2) is 0 Å². The molecule has 8 heteroatoms. The Hall–Kier alpha value is -2.45. The van der Waals surface area contributed by atoms with Crippen molar-refractivity contribution in [3.05, 3.63) is 29.3 Å². The fourth-order valence-corrected chi connectivity index (χ4v) is 6.61. The Morgan fingerprint density at radius 2 is 2.06 bits per heavy atom. The molecule has 1 heterocycles. The third-order valence-corrected chi connectivity index (χ3v) is 8.53. The van der Waals surface area contributed by atoms with E-state index in [-0.39, 0.29) is 36.8 Å². The zero-order valence-electron chi connectivity index (χ0n) is 18.9. The highest BCUT2D eigenvalue weighted by Crippen LogP contribution is 2.59. The van der Waals surface area contributed by atoms with Gasteiger partial charge in [0.2, 0.25) is 5.91 Å². The predicted molar refractivity (Wildman–Crippen MR) is 119 cm³/mol. The van der Waals surface area contributed by atoms with Crippen molar-refractivity contribution in [2.24, 2.45) is 11.8 Å². The van der Waals surface area contributed by atoms with Crippen molar-refractivity contribution in [2.45, 2.75) is 75.0 Å². The summed E-state index contributed by atoms with van der Waals surface area (Å²) >= 11 is 0. The summed E-state index contributed by atoms with van der Waals surface area (Å²) in [5.74, 6) is -1.58. The fourth-order valence-electron chi connectivity index (χ4n) is 6.61. The van der Waals surface area contributed by atoms with E-state index in [4.69, 9.17) is 5.11 Å². The standard InChI is InChI=1S/C25H32N2O6/c1-14(23(31)32)26-22(30)9-17-11-25(33)21-8-16-4-5-18(28)10-19(16)24(25,12-20(17)29)6-7-27(21)13-15-2-3-15/h4-5,10,14-15,17,21,28,33H,2-3,6-9,11-13H2,1H3,(H,26,30)(H,31,32)/t14-,17-,21+,24+,25+/m0/s1. The van der Waals surface area contributed by atoms with Crippen LogP contribution >= 0.6 is 0 Å². The van der Waals surface area contributed by atoms with Crippen molar-refractivity contribution in [3.63, 3.8) is 0 Å². The number of hydrogen-bond acceptors (Lipinski definition) is 6. The number of amides is 1. The topological polar surface area (TPSA) is 127 Å². The average Bonchev–Trinajstić information content (AvgIpc) is 3.55. The second-order valence-electron chi connectivity index (χ2n) is 10.6. The van der Waals surface area contributed by atoms with E-state index in [0.717, 1.165) is 24.2 Å². The van der Waals surface area contributed by atoms with Crippen LogP contribution in [0.25, 0.3) is 0 Å². The number of carboxylic acid groups (broad SMARTS) is 1. The minimum atomic E-state index is -1.20. The summed E-state index contributed by atoms with van der Waals surface area (Å²) in [6, 6.07) is 4.10. The number of nitrogens with zero attached hydrogens (tertiary/aromatic N) is 1. The molecule has 1 amide bonds. The highest BCUT2D eigenvalue weighted by atomic mass is 16.4. The van der Waals surface area contributed by atoms with Crippen LogP contribution in [0.2, 0.25) is 0 Å². The minimum Gasteiger partial charge on any atom is -0.508 e. The van der Waals surface area contributed by atoms with Crippen molar-refractivity contribution in [1.29, 1.82) is 0 Å². The molecule has 3 aliphatic carbocycles. The first kappa shape index (κ1) is 22.3. The number of benzene rings is 1. The van der Waals surface area contributed by atoms with Gasteiger partial charge in [0, 0.05) is 36.8 Å². The number of aromatic hydroxyl groups is 1. The van der Waals surface area contributed by atoms with Crippen LogP contribution < -0.4 is 5.32 Å². The van der Waals surface area contributed by atoms with Crippen LogP contribution in [0.5, 0.6) is 5.75 Å². The lowest BCUT2D eigenvalue weighted by molar-refractivity contribution is -0.182. The summed E-state index contributed by atoms with van der Waals surface area (Å²) in [5, 5.41) is 34.1. The highest BCUT2D eigenvalue weighted by molar-refractivity contribution is 5.91. The van der Waals surface area contributed by atoms with Gasteiger partial charge in [0.25, 0.3) is 0 Å². The Morgan fingerprint density at radius 1 is 1.30 bits per heavy atom. The minimum absolute atomic E-state index is 0.0802. The molecule has 2 saturated carbocycles. The van der Waals surface area contributed by atoms with Gasteiger partial charge in [0.05, 0.1) is 5.60 Å². The van der Waals surface area contributed by atoms with Crippen LogP contribution in [0.4, 0.5) is 0 Å². The molecule has 3 fully saturated rings. The second-order valence-corrected chi connectivity index (χ2v) is 10.6. The van der Waals surface area contributed by atoms with E-state index in [2.05, 4.69) is 10.2 Å². The predicted octanol–water partition coefficient (Wildman–Crippen LogP) is 1.36. The third kappa shape index (κ3) is 3.64. The van der Waals surface area contributed by atoms with Gasteiger partial charge in [-0.3, -0.25) is 19.3 Å². The normalized spacial score (nSPS) is 34.2. The van der Waals surface area contributed by atoms with Crippen molar-refractivity contribution in [1.82, 2.24) is 10.2 Å². The molecular formula is C25H32N2O6. The van der Waals surface area contributed by atoms with Gasteiger partial charge in [0.15, 0.2) is 0 Å². The Morgan fingerprint density at radius 3 is 2.76 bits per heavy atom. The molecule has 4 aliphatic rings. The van der Waals surface area contributed by atoms with Crippen molar-refractivity contribution in [3.8, 4) is 5.75 Å². The number of rotatable bonds is 6. The van der Waals surface area contributed by atoms with E-state index in [1.165, 1.54) is 19.8 Å². The maximum Gasteiger partial charge on any atom is 0.325 e. The molecule has 0 unspecified atom stereocenters. The number of aliphatic carboxylic acids is 1. The number of carbonyl (C=O) groups excluding carboxylic acids is 2. The first-order valence-electron chi connectivity index (χ1n) is 12.0. The average molecular weight is 457 g/mol.